The summed E-state index contributed by atoms with van der Waals surface area (Å²) in [7, 11) is 0. The molecule has 0 fully saturated rings. The topological polar surface area (TPSA) is 103 Å². The maximum Gasteiger partial charge on any atom is 0.292 e. The third kappa shape index (κ3) is 3.07. The van der Waals surface area contributed by atoms with Gasteiger partial charge in [-0.15, -0.1) is 0 Å². The number of anilines is 1. The molecule has 0 aliphatic heterocycles. The number of aromatic nitrogens is 3. The molecule has 2 heterocycles. The Morgan fingerprint density at radius 2 is 1.82 bits per heavy atom. The predicted octanol–water partition coefficient (Wildman–Crippen LogP) is 3.89. The Balaban J connectivity index is 1.66. The summed E-state index contributed by atoms with van der Waals surface area (Å²) in [5.41, 5.74) is 1.68. The zero-order valence-corrected chi connectivity index (χ0v) is 14.9. The van der Waals surface area contributed by atoms with E-state index >= 15 is 0 Å². The molecule has 8 nitrogen and oxygen atoms in total. The molecule has 0 unspecified atom stereocenters. The van der Waals surface area contributed by atoms with Crippen molar-refractivity contribution >= 4 is 28.2 Å². The van der Waals surface area contributed by atoms with Crippen molar-refractivity contribution < 1.29 is 9.72 Å². The molecule has 0 aliphatic carbocycles. The highest BCUT2D eigenvalue weighted by Gasteiger charge is 2.20. The van der Waals surface area contributed by atoms with Crippen LogP contribution in [0, 0.1) is 17.0 Å². The van der Waals surface area contributed by atoms with Gasteiger partial charge >= 0.3 is 0 Å². The smallest absolute Gasteiger partial charge is 0.292 e. The summed E-state index contributed by atoms with van der Waals surface area (Å²) >= 11 is 0. The third-order valence-electron chi connectivity index (χ3n) is 4.40. The van der Waals surface area contributed by atoms with Gasteiger partial charge in [-0.2, -0.15) is 5.10 Å². The van der Waals surface area contributed by atoms with E-state index in [0.29, 0.717) is 17.1 Å². The number of nitro benzene ring substituents is 1. The highest BCUT2D eigenvalue weighted by molar-refractivity contribution is 6.06. The third-order valence-corrected chi connectivity index (χ3v) is 4.40. The first-order valence-electron chi connectivity index (χ1n) is 8.50. The van der Waals surface area contributed by atoms with Gasteiger partial charge in [-0.05, 0) is 31.2 Å². The SMILES string of the molecule is Cc1c(C(=O)Nc2ccccc2[N+](=O)[O-])cnn1-c1ccc2ccccc2n1. The maximum absolute atomic E-state index is 12.7. The molecule has 0 spiro atoms. The molecule has 8 heteroatoms. The number of hydrogen-bond acceptors (Lipinski definition) is 5. The number of pyridine rings is 1. The molecule has 0 atom stereocenters. The molecule has 2 aromatic carbocycles. The Bertz CT molecular complexity index is 1220. The number of amides is 1. The van der Waals surface area contributed by atoms with Gasteiger partial charge < -0.3 is 5.32 Å². The van der Waals surface area contributed by atoms with E-state index in [4.69, 9.17) is 0 Å². The minimum absolute atomic E-state index is 0.133. The molecule has 2 aromatic heterocycles. The first kappa shape index (κ1) is 17.3. The van der Waals surface area contributed by atoms with Crippen LogP contribution < -0.4 is 5.32 Å². The molecular weight excluding hydrogens is 358 g/mol. The molecule has 0 radical (unpaired) electrons. The number of rotatable bonds is 4. The first-order chi connectivity index (χ1) is 13.5. The molecular formula is C20H15N5O3. The fraction of sp³-hybridized carbons (Fsp3) is 0.0500. The number of hydrogen-bond donors (Lipinski definition) is 1. The van der Waals surface area contributed by atoms with Crippen LogP contribution in [0.3, 0.4) is 0 Å². The largest absolute Gasteiger partial charge is 0.316 e. The van der Waals surface area contributed by atoms with Gasteiger partial charge in [0, 0.05) is 11.5 Å². The summed E-state index contributed by atoms with van der Waals surface area (Å²) in [6.45, 7) is 1.75. The second-order valence-corrected chi connectivity index (χ2v) is 6.15. The number of nitro groups is 1. The van der Waals surface area contributed by atoms with E-state index < -0.39 is 10.8 Å². The standard InChI is InChI=1S/C20H15N5O3/c1-13-15(20(26)23-17-8-4-5-9-18(17)25(27)28)12-21-24(13)19-11-10-14-6-2-3-7-16(14)22-19/h2-12H,1H3,(H,23,26). The quantitative estimate of drug-likeness (QED) is 0.432. The monoisotopic (exact) mass is 373 g/mol. The van der Waals surface area contributed by atoms with Gasteiger partial charge in [0.1, 0.15) is 5.69 Å². The summed E-state index contributed by atoms with van der Waals surface area (Å²) in [6, 6.07) is 17.5. The van der Waals surface area contributed by atoms with E-state index in [0.717, 1.165) is 10.9 Å². The Morgan fingerprint density at radius 1 is 1.07 bits per heavy atom. The highest BCUT2D eigenvalue weighted by atomic mass is 16.6. The van der Waals surface area contributed by atoms with Gasteiger partial charge in [0.05, 0.1) is 27.9 Å². The van der Waals surface area contributed by atoms with Crippen molar-refractivity contribution in [3.8, 4) is 5.82 Å². The maximum atomic E-state index is 12.7. The van der Waals surface area contributed by atoms with Crippen LogP contribution in [-0.2, 0) is 0 Å². The van der Waals surface area contributed by atoms with Crippen LogP contribution >= 0.6 is 0 Å². The van der Waals surface area contributed by atoms with Gasteiger partial charge in [-0.3, -0.25) is 14.9 Å². The molecule has 0 saturated heterocycles. The normalized spacial score (nSPS) is 10.8. The van der Waals surface area contributed by atoms with Crippen LogP contribution in [0.15, 0.2) is 66.9 Å². The average molecular weight is 373 g/mol. The van der Waals surface area contributed by atoms with Gasteiger partial charge in [-0.1, -0.05) is 30.3 Å². The molecule has 4 rings (SSSR count). The van der Waals surface area contributed by atoms with Crippen molar-refractivity contribution in [3.63, 3.8) is 0 Å². The van der Waals surface area contributed by atoms with Crippen molar-refractivity contribution in [2.75, 3.05) is 5.32 Å². The van der Waals surface area contributed by atoms with Crippen molar-refractivity contribution in [2.45, 2.75) is 6.92 Å². The van der Waals surface area contributed by atoms with Crippen LogP contribution in [0.5, 0.6) is 0 Å². The molecule has 0 bridgehead atoms. The summed E-state index contributed by atoms with van der Waals surface area (Å²) in [6.07, 6.45) is 1.43. The Labute approximate surface area is 159 Å². The number of nitrogens with zero attached hydrogens (tertiary/aromatic N) is 4. The van der Waals surface area contributed by atoms with Crippen LogP contribution in [0.25, 0.3) is 16.7 Å². The fourth-order valence-electron chi connectivity index (χ4n) is 2.96. The molecule has 4 aromatic rings. The second kappa shape index (κ2) is 6.92. The van der Waals surface area contributed by atoms with E-state index in [2.05, 4.69) is 15.4 Å². The number of fused-ring (bicyclic) bond motifs is 1. The molecule has 0 saturated carbocycles. The van der Waals surface area contributed by atoms with E-state index in [-0.39, 0.29) is 11.4 Å². The average Bonchev–Trinajstić information content (AvgIpc) is 3.09. The van der Waals surface area contributed by atoms with Crippen molar-refractivity contribution in [3.05, 3.63) is 88.2 Å². The van der Waals surface area contributed by atoms with Crippen molar-refractivity contribution in [1.82, 2.24) is 14.8 Å². The lowest BCUT2D eigenvalue weighted by atomic mass is 10.2. The fourth-order valence-corrected chi connectivity index (χ4v) is 2.96. The molecule has 0 aliphatic rings. The number of benzene rings is 2. The van der Waals surface area contributed by atoms with Crippen molar-refractivity contribution in [1.29, 1.82) is 0 Å². The van der Waals surface area contributed by atoms with Gasteiger partial charge in [0.2, 0.25) is 0 Å². The minimum Gasteiger partial charge on any atom is -0.316 e. The number of carbonyl (C=O) groups is 1. The lowest BCUT2D eigenvalue weighted by Crippen LogP contribution is -2.14. The molecule has 1 amide bonds. The molecule has 1 N–H and O–H groups in total. The van der Waals surface area contributed by atoms with E-state index in [1.165, 1.54) is 18.3 Å². The van der Waals surface area contributed by atoms with E-state index in [1.54, 1.807) is 23.7 Å². The lowest BCUT2D eigenvalue weighted by molar-refractivity contribution is -0.383. The van der Waals surface area contributed by atoms with E-state index in [1.807, 2.05) is 36.4 Å². The summed E-state index contributed by atoms with van der Waals surface area (Å²) in [5, 5.41) is 19.0. The molecule has 28 heavy (non-hydrogen) atoms. The number of para-hydroxylation sites is 3. The van der Waals surface area contributed by atoms with Gasteiger partial charge in [0.15, 0.2) is 5.82 Å². The second-order valence-electron chi connectivity index (χ2n) is 6.15. The van der Waals surface area contributed by atoms with Gasteiger partial charge in [0.25, 0.3) is 11.6 Å². The van der Waals surface area contributed by atoms with Crippen LogP contribution in [-0.4, -0.2) is 25.6 Å². The number of nitrogens with one attached hydrogen (secondary N) is 1. The Hall–Kier alpha value is -4.07. The zero-order valence-electron chi connectivity index (χ0n) is 14.9. The minimum atomic E-state index is -0.537. The Morgan fingerprint density at radius 3 is 2.64 bits per heavy atom. The van der Waals surface area contributed by atoms with Crippen LogP contribution in [0.2, 0.25) is 0 Å². The lowest BCUT2D eigenvalue weighted by Gasteiger charge is -2.07. The number of carbonyl (C=O) groups excluding carboxylic acids is 1. The first-order valence-corrected chi connectivity index (χ1v) is 8.50. The van der Waals surface area contributed by atoms with Crippen molar-refractivity contribution in [2.24, 2.45) is 0 Å². The van der Waals surface area contributed by atoms with Crippen LogP contribution in [0.4, 0.5) is 11.4 Å². The molecule has 138 valence electrons. The summed E-state index contributed by atoms with van der Waals surface area (Å²) < 4.78 is 1.57. The highest BCUT2D eigenvalue weighted by Crippen LogP contribution is 2.24. The predicted molar refractivity (Wildman–Crippen MR) is 105 cm³/mol. The van der Waals surface area contributed by atoms with Gasteiger partial charge in [-0.25, -0.2) is 9.67 Å². The van der Waals surface area contributed by atoms with E-state index in [9.17, 15) is 14.9 Å². The Kier molecular flexibility index (Phi) is 4.29. The van der Waals surface area contributed by atoms with Crippen LogP contribution in [0.1, 0.15) is 16.1 Å². The summed E-state index contributed by atoms with van der Waals surface area (Å²) in [5.74, 6) is 0.111. The summed E-state index contributed by atoms with van der Waals surface area (Å²) in [4.78, 5) is 27.8. The zero-order chi connectivity index (χ0) is 19.7.